The van der Waals surface area contributed by atoms with Gasteiger partial charge in [0.25, 0.3) is 0 Å². The lowest BCUT2D eigenvalue weighted by Gasteiger charge is -2.20. The summed E-state index contributed by atoms with van der Waals surface area (Å²) in [5.41, 5.74) is 0. The van der Waals surface area contributed by atoms with Crippen molar-refractivity contribution in [1.82, 2.24) is 15.5 Å². The third-order valence-corrected chi connectivity index (χ3v) is 5.65. The fraction of sp³-hybridized carbons (Fsp3) is 0.524. The van der Waals surface area contributed by atoms with Gasteiger partial charge in [-0.15, -0.1) is 35.3 Å². The molecule has 29 heavy (non-hydrogen) atoms. The molecule has 0 unspecified atom stereocenters. The number of aliphatic imine (C=N–C) groups is 1. The predicted molar refractivity (Wildman–Crippen MR) is 129 cm³/mol. The number of rotatable bonds is 9. The van der Waals surface area contributed by atoms with Crippen LogP contribution in [0.1, 0.15) is 42.7 Å². The van der Waals surface area contributed by atoms with Crippen molar-refractivity contribution in [3.8, 4) is 0 Å². The third-order valence-electron chi connectivity index (χ3n) is 4.79. The highest BCUT2D eigenvalue weighted by atomic mass is 127. The molecule has 0 radical (unpaired) electrons. The Bertz CT molecular complexity index is 719. The molecule has 2 N–H and O–H groups in total. The van der Waals surface area contributed by atoms with Gasteiger partial charge < -0.3 is 20.0 Å². The zero-order chi connectivity index (χ0) is 19.4. The van der Waals surface area contributed by atoms with Crippen molar-refractivity contribution in [2.45, 2.75) is 45.1 Å². The van der Waals surface area contributed by atoms with Gasteiger partial charge in [-0.05, 0) is 42.8 Å². The molecule has 3 rings (SSSR count). The van der Waals surface area contributed by atoms with Gasteiger partial charge in [0.05, 0.1) is 12.8 Å². The average molecular weight is 530 g/mol. The number of amides is 1. The Morgan fingerprint density at radius 3 is 2.86 bits per heavy atom. The highest BCUT2D eigenvalue weighted by Gasteiger charge is 2.15. The second-order valence-electron chi connectivity index (χ2n) is 6.97. The molecule has 0 aromatic carbocycles. The van der Waals surface area contributed by atoms with Crippen LogP contribution < -0.4 is 10.6 Å². The minimum absolute atomic E-state index is 0. The molecule has 1 aliphatic heterocycles. The summed E-state index contributed by atoms with van der Waals surface area (Å²) in [5, 5.41) is 8.86. The van der Waals surface area contributed by atoms with E-state index in [-0.39, 0.29) is 24.0 Å². The Balaban J connectivity index is 0.00000300. The van der Waals surface area contributed by atoms with Crippen molar-refractivity contribution in [3.63, 3.8) is 0 Å². The molecule has 3 heterocycles. The van der Waals surface area contributed by atoms with Gasteiger partial charge in [-0.3, -0.25) is 4.79 Å². The van der Waals surface area contributed by atoms with Gasteiger partial charge in [0.2, 0.25) is 5.91 Å². The Labute approximate surface area is 194 Å². The molecule has 1 aliphatic rings. The zero-order valence-electron chi connectivity index (χ0n) is 16.8. The Morgan fingerprint density at radius 1 is 1.17 bits per heavy atom. The van der Waals surface area contributed by atoms with Crippen molar-refractivity contribution in [3.05, 3.63) is 46.5 Å². The first-order chi connectivity index (χ1) is 13.8. The molecule has 0 saturated carbocycles. The molecule has 2 aromatic rings. The number of nitrogens with zero attached hydrogens (tertiary/aromatic N) is 2. The van der Waals surface area contributed by atoms with Gasteiger partial charge in [0.1, 0.15) is 5.76 Å². The fourth-order valence-electron chi connectivity index (χ4n) is 3.24. The van der Waals surface area contributed by atoms with E-state index < -0.39 is 0 Å². The predicted octanol–water partition coefficient (Wildman–Crippen LogP) is 4.03. The lowest BCUT2D eigenvalue weighted by atomic mass is 10.2. The molecule has 0 bridgehead atoms. The van der Waals surface area contributed by atoms with E-state index in [2.05, 4.69) is 22.1 Å². The molecular formula is C21H31IN4O2S. The van der Waals surface area contributed by atoms with E-state index >= 15 is 0 Å². The van der Waals surface area contributed by atoms with E-state index in [1.165, 1.54) is 11.3 Å². The SMILES string of the molecule is I.O=C1CCCCCN1CCCNC(=NCc1cccs1)NCCc1ccco1. The molecule has 1 fully saturated rings. The van der Waals surface area contributed by atoms with E-state index in [4.69, 9.17) is 9.41 Å². The number of hydrogen-bond acceptors (Lipinski definition) is 4. The molecule has 0 spiro atoms. The number of furan rings is 1. The van der Waals surface area contributed by atoms with Crippen LogP contribution in [0.25, 0.3) is 0 Å². The van der Waals surface area contributed by atoms with Crippen LogP contribution in [0, 0.1) is 0 Å². The van der Waals surface area contributed by atoms with E-state index in [1.807, 2.05) is 23.1 Å². The van der Waals surface area contributed by atoms with Crippen LogP contribution >= 0.6 is 35.3 Å². The standard InChI is InChI=1S/C21H30N4O2S.HI/c26-20-9-2-1-3-13-25(20)14-6-11-22-21(24-17-19-8-5-16-28-19)23-12-10-18-7-4-15-27-18;/h4-5,7-8,15-16H,1-3,6,9-14,17H2,(H2,22,23,24);1H. The first-order valence-electron chi connectivity index (χ1n) is 10.2. The average Bonchev–Trinajstić information content (AvgIpc) is 3.37. The highest BCUT2D eigenvalue weighted by molar-refractivity contribution is 14.0. The minimum Gasteiger partial charge on any atom is -0.469 e. The topological polar surface area (TPSA) is 69.9 Å². The normalized spacial score (nSPS) is 15.0. The molecule has 160 valence electrons. The maximum Gasteiger partial charge on any atom is 0.222 e. The number of halogens is 1. The Kier molecular flexibility index (Phi) is 11.2. The summed E-state index contributed by atoms with van der Waals surface area (Å²) in [6, 6.07) is 8.03. The van der Waals surface area contributed by atoms with Crippen molar-refractivity contribution >= 4 is 47.2 Å². The molecule has 1 amide bonds. The fourth-order valence-corrected chi connectivity index (χ4v) is 3.87. The third kappa shape index (κ3) is 8.77. The van der Waals surface area contributed by atoms with Crippen LogP contribution in [0.15, 0.2) is 45.3 Å². The van der Waals surface area contributed by atoms with E-state index in [1.54, 1.807) is 17.6 Å². The van der Waals surface area contributed by atoms with Crippen molar-refractivity contribution < 1.29 is 9.21 Å². The van der Waals surface area contributed by atoms with Gasteiger partial charge in [0, 0.05) is 43.9 Å². The smallest absolute Gasteiger partial charge is 0.222 e. The van der Waals surface area contributed by atoms with Crippen LogP contribution in [0.5, 0.6) is 0 Å². The second-order valence-corrected chi connectivity index (χ2v) is 8.00. The highest BCUT2D eigenvalue weighted by Crippen LogP contribution is 2.11. The number of thiophene rings is 1. The second kappa shape index (κ2) is 13.6. The van der Waals surface area contributed by atoms with E-state index in [0.29, 0.717) is 18.9 Å². The summed E-state index contributed by atoms with van der Waals surface area (Å²) in [6.07, 6.45) is 7.46. The van der Waals surface area contributed by atoms with Gasteiger partial charge >= 0.3 is 0 Å². The van der Waals surface area contributed by atoms with Crippen molar-refractivity contribution in [2.75, 3.05) is 26.2 Å². The van der Waals surface area contributed by atoms with Gasteiger partial charge in [-0.25, -0.2) is 4.99 Å². The quantitative estimate of drug-likeness (QED) is 0.222. The van der Waals surface area contributed by atoms with Crippen LogP contribution in [0.4, 0.5) is 0 Å². The van der Waals surface area contributed by atoms with Gasteiger partial charge in [0.15, 0.2) is 5.96 Å². The molecule has 0 atom stereocenters. The molecule has 8 heteroatoms. The number of hydrogen-bond donors (Lipinski definition) is 2. The molecular weight excluding hydrogens is 499 g/mol. The van der Waals surface area contributed by atoms with Crippen LogP contribution in [-0.2, 0) is 17.8 Å². The van der Waals surface area contributed by atoms with Crippen LogP contribution in [0.2, 0.25) is 0 Å². The molecule has 0 aliphatic carbocycles. The lowest BCUT2D eigenvalue weighted by molar-refractivity contribution is -0.130. The monoisotopic (exact) mass is 530 g/mol. The minimum atomic E-state index is 0. The summed E-state index contributed by atoms with van der Waals surface area (Å²) in [5.74, 6) is 2.08. The summed E-state index contributed by atoms with van der Waals surface area (Å²) in [4.78, 5) is 20.0. The number of likely N-dealkylation sites (tertiary alicyclic amines) is 1. The van der Waals surface area contributed by atoms with E-state index in [0.717, 1.165) is 63.6 Å². The first kappa shape index (κ1) is 23.7. The zero-order valence-corrected chi connectivity index (χ0v) is 19.9. The van der Waals surface area contributed by atoms with Crippen molar-refractivity contribution in [1.29, 1.82) is 0 Å². The number of carbonyl (C=O) groups is 1. The first-order valence-corrected chi connectivity index (χ1v) is 11.0. The van der Waals surface area contributed by atoms with Gasteiger partial charge in [-0.2, -0.15) is 0 Å². The van der Waals surface area contributed by atoms with E-state index in [9.17, 15) is 4.79 Å². The van der Waals surface area contributed by atoms with Crippen molar-refractivity contribution in [2.24, 2.45) is 4.99 Å². The number of carbonyl (C=O) groups excluding carboxylic acids is 1. The largest absolute Gasteiger partial charge is 0.469 e. The molecule has 1 saturated heterocycles. The van der Waals surface area contributed by atoms with Crippen LogP contribution in [0.3, 0.4) is 0 Å². The maximum atomic E-state index is 12.1. The summed E-state index contributed by atoms with van der Waals surface area (Å²) >= 11 is 1.71. The molecule has 6 nitrogen and oxygen atoms in total. The lowest BCUT2D eigenvalue weighted by Crippen LogP contribution is -2.40. The maximum absolute atomic E-state index is 12.1. The Hall–Kier alpha value is -1.55. The number of nitrogens with one attached hydrogen (secondary N) is 2. The molecule has 2 aromatic heterocycles. The summed E-state index contributed by atoms with van der Waals surface area (Å²) in [6.45, 7) is 3.93. The van der Waals surface area contributed by atoms with Crippen LogP contribution in [-0.4, -0.2) is 42.9 Å². The summed E-state index contributed by atoms with van der Waals surface area (Å²) < 4.78 is 5.38. The van der Waals surface area contributed by atoms with Gasteiger partial charge in [-0.1, -0.05) is 12.5 Å². The number of guanidine groups is 1. The summed E-state index contributed by atoms with van der Waals surface area (Å²) in [7, 11) is 0. The Morgan fingerprint density at radius 2 is 2.07 bits per heavy atom.